The molecular formula is C16H20N2O2. The van der Waals surface area contributed by atoms with Crippen molar-refractivity contribution in [1.29, 1.82) is 0 Å². The number of benzene rings is 1. The summed E-state index contributed by atoms with van der Waals surface area (Å²) in [5.41, 5.74) is 3.39. The summed E-state index contributed by atoms with van der Waals surface area (Å²) < 4.78 is 5.39. The van der Waals surface area contributed by atoms with Crippen LogP contribution in [0.25, 0.3) is 0 Å². The quantitative estimate of drug-likeness (QED) is 0.894. The van der Waals surface area contributed by atoms with Gasteiger partial charge in [0.15, 0.2) is 0 Å². The molecule has 1 saturated heterocycles. The zero-order valence-electron chi connectivity index (χ0n) is 11.5. The lowest BCUT2D eigenvalue weighted by molar-refractivity contribution is 0.122. The Kier molecular flexibility index (Phi) is 4.04. The highest BCUT2D eigenvalue weighted by Gasteiger charge is 2.16. The van der Waals surface area contributed by atoms with E-state index in [1.54, 1.807) is 0 Å². The molecule has 4 nitrogen and oxygen atoms in total. The number of aliphatic hydroxyl groups excluding tert-OH is 1. The van der Waals surface area contributed by atoms with E-state index in [1.165, 1.54) is 5.69 Å². The molecule has 1 aliphatic heterocycles. The predicted molar refractivity (Wildman–Crippen MR) is 79.2 cm³/mol. The second-order valence-corrected chi connectivity index (χ2v) is 5.06. The Balaban J connectivity index is 1.86. The predicted octanol–water partition coefficient (Wildman–Crippen LogP) is 1.98. The molecule has 3 rings (SSSR count). The van der Waals surface area contributed by atoms with E-state index in [4.69, 9.17) is 4.74 Å². The van der Waals surface area contributed by atoms with E-state index in [0.29, 0.717) is 0 Å². The number of nitrogens with one attached hydrogen (secondary N) is 1. The van der Waals surface area contributed by atoms with Crippen molar-refractivity contribution in [1.82, 2.24) is 4.98 Å². The number of aromatic nitrogens is 1. The second-order valence-electron chi connectivity index (χ2n) is 5.06. The third kappa shape index (κ3) is 2.71. The van der Waals surface area contributed by atoms with E-state index in [-0.39, 0.29) is 12.5 Å². The molecule has 2 N–H and O–H groups in total. The SMILES string of the molecule is OCC(c1cccc(N2CCOCC2)c1)c1ccc[nH]1. The maximum atomic E-state index is 9.70. The van der Waals surface area contributed by atoms with Gasteiger partial charge in [0.25, 0.3) is 0 Å². The van der Waals surface area contributed by atoms with Gasteiger partial charge in [0.2, 0.25) is 0 Å². The van der Waals surface area contributed by atoms with Gasteiger partial charge >= 0.3 is 0 Å². The van der Waals surface area contributed by atoms with Crippen LogP contribution in [0.4, 0.5) is 5.69 Å². The van der Waals surface area contributed by atoms with E-state index in [9.17, 15) is 5.11 Å². The van der Waals surface area contributed by atoms with Crippen LogP contribution in [0, 0.1) is 0 Å². The summed E-state index contributed by atoms with van der Waals surface area (Å²) in [4.78, 5) is 5.52. The molecule has 1 unspecified atom stereocenters. The van der Waals surface area contributed by atoms with Crippen LogP contribution in [0.5, 0.6) is 0 Å². The number of morpholine rings is 1. The minimum atomic E-state index is 0.00555. The monoisotopic (exact) mass is 272 g/mol. The van der Waals surface area contributed by atoms with Gasteiger partial charge in [-0.1, -0.05) is 12.1 Å². The number of nitrogens with zero attached hydrogens (tertiary/aromatic N) is 1. The molecule has 1 fully saturated rings. The standard InChI is InChI=1S/C16H20N2O2/c19-12-15(16-5-2-6-17-16)13-3-1-4-14(11-13)18-7-9-20-10-8-18/h1-6,11,15,17,19H,7-10,12H2. The summed E-state index contributed by atoms with van der Waals surface area (Å²) in [6, 6.07) is 12.4. The maximum absolute atomic E-state index is 9.70. The average molecular weight is 272 g/mol. The molecule has 106 valence electrons. The number of hydrogen-bond donors (Lipinski definition) is 2. The fourth-order valence-electron chi connectivity index (χ4n) is 2.70. The van der Waals surface area contributed by atoms with Crippen molar-refractivity contribution >= 4 is 5.69 Å². The molecule has 20 heavy (non-hydrogen) atoms. The van der Waals surface area contributed by atoms with Crippen molar-refractivity contribution in [2.24, 2.45) is 0 Å². The average Bonchev–Trinajstić information content (AvgIpc) is 3.03. The van der Waals surface area contributed by atoms with Crippen LogP contribution in [0.3, 0.4) is 0 Å². The molecule has 0 radical (unpaired) electrons. The van der Waals surface area contributed by atoms with E-state index < -0.39 is 0 Å². The number of hydrogen-bond acceptors (Lipinski definition) is 3. The van der Waals surface area contributed by atoms with Crippen LogP contribution >= 0.6 is 0 Å². The number of rotatable bonds is 4. The van der Waals surface area contributed by atoms with Gasteiger partial charge in [-0.25, -0.2) is 0 Å². The molecule has 1 aromatic carbocycles. The molecule has 1 aliphatic rings. The third-order valence-electron chi connectivity index (χ3n) is 3.83. The van der Waals surface area contributed by atoms with Crippen molar-refractivity contribution in [3.63, 3.8) is 0 Å². The largest absolute Gasteiger partial charge is 0.395 e. The molecule has 0 spiro atoms. The minimum absolute atomic E-state index is 0.00555. The van der Waals surface area contributed by atoms with Gasteiger partial charge in [-0.2, -0.15) is 0 Å². The van der Waals surface area contributed by atoms with Crippen LogP contribution in [0.15, 0.2) is 42.6 Å². The molecule has 0 saturated carbocycles. The lowest BCUT2D eigenvalue weighted by Gasteiger charge is -2.29. The van der Waals surface area contributed by atoms with Crippen molar-refractivity contribution in [2.75, 3.05) is 37.8 Å². The van der Waals surface area contributed by atoms with Crippen LogP contribution in [-0.4, -0.2) is 43.0 Å². The van der Waals surface area contributed by atoms with Gasteiger partial charge in [-0.3, -0.25) is 0 Å². The summed E-state index contributed by atoms with van der Waals surface area (Å²) in [6.45, 7) is 3.52. The zero-order valence-corrected chi connectivity index (χ0v) is 11.5. The molecule has 1 atom stereocenters. The molecule has 4 heteroatoms. The lowest BCUT2D eigenvalue weighted by Crippen LogP contribution is -2.36. The smallest absolute Gasteiger partial charge is 0.0642 e. The summed E-state index contributed by atoms with van der Waals surface area (Å²) in [5.74, 6) is 0.00555. The summed E-state index contributed by atoms with van der Waals surface area (Å²) >= 11 is 0. The molecular weight excluding hydrogens is 252 g/mol. The third-order valence-corrected chi connectivity index (χ3v) is 3.83. The Bertz CT molecular complexity index is 533. The molecule has 1 aromatic heterocycles. The molecule has 2 aromatic rings. The Hall–Kier alpha value is -1.78. The van der Waals surface area contributed by atoms with E-state index in [0.717, 1.165) is 37.6 Å². The second kappa shape index (κ2) is 6.11. The Morgan fingerprint density at radius 3 is 2.75 bits per heavy atom. The van der Waals surface area contributed by atoms with E-state index in [1.807, 2.05) is 18.3 Å². The van der Waals surface area contributed by atoms with Crippen LogP contribution < -0.4 is 4.90 Å². The first kappa shape index (κ1) is 13.2. The highest BCUT2D eigenvalue weighted by atomic mass is 16.5. The van der Waals surface area contributed by atoms with Crippen molar-refractivity contribution < 1.29 is 9.84 Å². The van der Waals surface area contributed by atoms with Crippen LogP contribution in [0.2, 0.25) is 0 Å². The minimum Gasteiger partial charge on any atom is -0.395 e. The van der Waals surface area contributed by atoms with E-state index >= 15 is 0 Å². The number of ether oxygens (including phenoxy) is 1. The van der Waals surface area contributed by atoms with Crippen molar-refractivity contribution in [3.8, 4) is 0 Å². The van der Waals surface area contributed by atoms with Gasteiger partial charge in [0.1, 0.15) is 0 Å². The first-order valence-electron chi connectivity index (χ1n) is 7.05. The Labute approximate surface area is 119 Å². The van der Waals surface area contributed by atoms with Gasteiger partial charge in [0.05, 0.1) is 19.8 Å². The number of H-pyrrole nitrogens is 1. The summed E-state index contributed by atoms with van der Waals surface area (Å²) in [5, 5.41) is 9.70. The highest BCUT2D eigenvalue weighted by Crippen LogP contribution is 2.26. The van der Waals surface area contributed by atoms with Crippen molar-refractivity contribution in [2.45, 2.75) is 5.92 Å². The maximum Gasteiger partial charge on any atom is 0.0642 e. The van der Waals surface area contributed by atoms with E-state index in [2.05, 4.69) is 34.1 Å². The fourth-order valence-corrected chi connectivity index (χ4v) is 2.70. The highest BCUT2D eigenvalue weighted by molar-refractivity contribution is 5.50. The zero-order chi connectivity index (χ0) is 13.8. The Morgan fingerprint density at radius 1 is 1.20 bits per heavy atom. The fraction of sp³-hybridized carbons (Fsp3) is 0.375. The first-order valence-corrected chi connectivity index (χ1v) is 7.05. The molecule has 0 aliphatic carbocycles. The van der Waals surface area contributed by atoms with Gasteiger partial charge < -0.3 is 19.7 Å². The van der Waals surface area contributed by atoms with Gasteiger partial charge in [-0.15, -0.1) is 0 Å². The topological polar surface area (TPSA) is 48.5 Å². The van der Waals surface area contributed by atoms with Crippen molar-refractivity contribution in [3.05, 3.63) is 53.9 Å². The van der Waals surface area contributed by atoms with Crippen LogP contribution in [0.1, 0.15) is 17.2 Å². The summed E-state index contributed by atoms with van der Waals surface area (Å²) in [7, 11) is 0. The summed E-state index contributed by atoms with van der Waals surface area (Å²) in [6.07, 6.45) is 1.89. The lowest BCUT2D eigenvalue weighted by atomic mass is 9.96. The molecule has 0 bridgehead atoms. The number of aliphatic hydroxyl groups is 1. The van der Waals surface area contributed by atoms with Gasteiger partial charge in [0, 0.05) is 36.6 Å². The Morgan fingerprint density at radius 2 is 2.05 bits per heavy atom. The van der Waals surface area contributed by atoms with Crippen LogP contribution in [-0.2, 0) is 4.74 Å². The number of aromatic amines is 1. The molecule has 0 amide bonds. The first-order chi connectivity index (χ1) is 9.88. The number of anilines is 1. The normalized spacial score (nSPS) is 17.1. The molecule has 2 heterocycles. The van der Waals surface area contributed by atoms with Gasteiger partial charge in [-0.05, 0) is 29.8 Å².